The summed E-state index contributed by atoms with van der Waals surface area (Å²) in [4.78, 5) is 20.6. The van der Waals surface area contributed by atoms with Crippen LogP contribution in [0.5, 0.6) is 5.75 Å². The molecule has 0 fully saturated rings. The molecule has 1 N–H and O–H groups in total. The lowest BCUT2D eigenvalue weighted by Crippen LogP contribution is -2.17. The SMILES string of the molecule is CCN(/N=C\c1ccccc1O)c1ccc([N+](=O)[O-])cc1[N+](=O)[O-]. The molecule has 0 aromatic heterocycles. The number of anilines is 1. The van der Waals surface area contributed by atoms with Crippen LogP contribution in [0, 0.1) is 20.2 Å². The highest BCUT2D eigenvalue weighted by Crippen LogP contribution is 2.32. The van der Waals surface area contributed by atoms with Crippen molar-refractivity contribution in [2.45, 2.75) is 6.92 Å². The Hall–Kier alpha value is -3.49. The van der Waals surface area contributed by atoms with Gasteiger partial charge in [0.2, 0.25) is 0 Å². The average Bonchev–Trinajstić information content (AvgIpc) is 2.56. The topological polar surface area (TPSA) is 122 Å². The lowest BCUT2D eigenvalue weighted by molar-refractivity contribution is -0.393. The Morgan fingerprint density at radius 3 is 2.46 bits per heavy atom. The van der Waals surface area contributed by atoms with E-state index in [0.717, 1.165) is 6.07 Å². The van der Waals surface area contributed by atoms with Gasteiger partial charge in [-0.1, -0.05) is 12.1 Å². The molecule has 2 rings (SSSR count). The van der Waals surface area contributed by atoms with Crippen molar-refractivity contribution in [3.8, 4) is 5.75 Å². The Kier molecular flexibility index (Phi) is 5.05. The predicted molar refractivity (Wildman–Crippen MR) is 88.5 cm³/mol. The van der Waals surface area contributed by atoms with Gasteiger partial charge in [-0.05, 0) is 25.1 Å². The smallest absolute Gasteiger partial charge is 0.301 e. The molecule has 0 heterocycles. The second-order valence-corrected chi connectivity index (χ2v) is 4.71. The van der Waals surface area contributed by atoms with Crippen LogP contribution in [0.2, 0.25) is 0 Å². The summed E-state index contributed by atoms with van der Waals surface area (Å²) in [5.41, 5.74) is -0.216. The molecular weight excluding hydrogens is 316 g/mol. The standard InChI is InChI=1S/C15H14N4O5/c1-2-17(16-10-11-5-3-4-6-15(11)20)13-8-7-12(18(21)22)9-14(13)19(23)24/h3-10,20H,2H2,1H3/b16-10-. The lowest BCUT2D eigenvalue weighted by Gasteiger charge is -2.16. The Morgan fingerprint density at radius 2 is 1.88 bits per heavy atom. The molecule has 0 spiro atoms. The first kappa shape index (κ1) is 16.9. The van der Waals surface area contributed by atoms with E-state index in [2.05, 4.69) is 5.10 Å². The molecule has 0 saturated carbocycles. The minimum atomic E-state index is -0.696. The maximum atomic E-state index is 11.2. The second-order valence-electron chi connectivity index (χ2n) is 4.71. The Balaban J connectivity index is 2.42. The summed E-state index contributed by atoms with van der Waals surface area (Å²) in [6, 6.07) is 9.86. The van der Waals surface area contributed by atoms with Crippen LogP contribution in [-0.2, 0) is 0 Å². The highest BCUT2D eigenvalue weighted by Gasteiger charge is 2.22. The van der Waals surface area contributed by atoms with Crippen LogP contribution in [-0.4, -0.2) is 27.7 Å². The fourth-order valence-electron chi connectivity index (χ4n) is 2.03. The molecule has 0 aliphatic heterocycles. The van der Waals surface area contributed by atoms with E-state index < -0.39 is 15.5 Å². The molecule has 0 unspecified atom stereocenters. The molecule has 0 saturated heterocycles. The van der Waals surface area contributed by atoms with Crippen molar-refractivity contribution in [3.63, 3.8) is 0 Å². The van der Waals surface area contributed by atoms with E-state index in [4.69, 9.17) is 0 Å². The molecule has 0 aliphatic carbocycles. The lowest BCUT2D eigenvalue weighted by atomic mass is 10.2. The molecule has 2 aromatic rings. The third kappa shape index (κ3) is 3.64. The number of non-ortho nitro benzene ring substituents is 1. The van der Waals surface area contributed by atoms with E-state index in [1.807, 2.05) is 0 Å². The van der Waals surface area contributed by atoms with Gasteiger partial charge in [-0.15, -0.1) is 0 Å². The van der Waals surface area contributed by atoms with Gasteiger partial charge in [-0.2, -0.15) is 5.10 Å². The number of phenolic OH excluding ortho intramolecular Hbond substituents is 1. The van der Waals surface area contributed by atoms with E-state index in [9.17, 15) is 25.3 Å². The van der Waals surface area contributed by atoms with Crippen molar-refractivity contribution in [2.75, 3.05) is 11.6 Å². The second kappa shape index (κ2) is 7.18. The van der Waals surface area contributed by atoms with Gasteiger partial charge in [0.05, 0.1) is 22.1 Å². The quantitative estimate of drug-likeness (QED) is 0.493. The Labute approximate surface area is 136 Å². The first-order chi connectivity index (χ1) is 11.4. The number of nitro benzene ring substituents is 2. The summed E-state index contributed by atoms with van der Waals surface area (Å²) in [6.45, 7) is 2.02. The number of rotatable bonds is 6. The van der Waals surface area contributed by atoms with Crippen molar-refractivity contribution < 1.29 is 15.0 Å². The zero-order valence-electron chi connectivity index (χ0n) is 12.7. The van der Waals surface area contributed by atoms with Gasteiger partial charge < -0.3 is 5.11 Å². The van der Waals surface area contributed by atoms with Crippen molar-refractivity contribution in [3.05, 3.63) is 68.3 Å². The number of nitro groups is 2. The molecule has 0 bridgehead atoms. The summed E-state index contributed by atoms with van der Waals surface area (Å²) < 4.78 is 0. The summed E-state index contributed by atoms with van der Waals surface area (Å²) in [5, 5.41) is 37.2. The van der Waals surface area contributed by atoms with Crippen molar-refractivity contribution in [1.82, 2.24) is 0 Å². The van der Waals surface area contributed by atoms with Crippen LogP contribution in [0.3, 0.4) is 0 Å². The van der Waals surface area contributed by atoms with Crippen LogP contribution >= 0.6 is 0 Å². The predicted octanol–water partition coefficient (Wildman–Crippen LogP) is 3.07. The maximum absolute atomic E-state index is 11.2. The van der Waals surface area contributed by atoms with E-state index >= 15 is 0 Å². The highest BCUT2D eigenvalue weighted by molar-refractivity contribution is 5.84. The molecule has 0 radical (unpaired) electrons. The van der Waals surface area contributed by atoms with E-state index in [-0.39, 0.29) is 17.1 Å². The number of nitrogens with zero attached hydrogens (tertiary/aromatic N) is 4. The van der Waals surface area contributed by atoms with Gasteiger partial charge in [0.25, 0.3) is 5.69 Å². The molecular formula is C15H14N4O5. The number of hydrogen-bond acceptors (Lipinski definition) is 7. The average molecular weight is 330 g/mol. The molecule has 24 heavy (non-hydrogen) atoms. The first-order valence-corrected chi connectivity index (χ1v) is 6.96. The molecule has 9 heteroatoms. The summed E-state index contributed by atoms with van der Waals surface area (Å²) in [6.07, 6.45) is 1.37. The van der Waals surface area contributed by atoms with Crippen LogP contribution in [0.1, 0.15) is 12.5 Å². The highest BCUT2D eigenvalue weighted by atomic mass is 16.6. The molecule has 124 valence electrons. The third-order valence-electron chi connectivity index (χ3n) is 3.22. The first-order valence-electron chi connectivity index (χ1n) is 6.96. The van der Waals surface area contributed by atoms with Crippen molar-refractivity contribution >= 4 is 23.3 Å². The zero-order valence-corrected chi connectivity index (χ0v) is 12.7. The van der Waals surface area contributed by atoms with Gasteiger partial charge in [0, 0.05) is 18.2 Å². The molecule has 2 aromatic carbocycles. The van der Waals surface area contributed by atoms with E-state index in [0.29, 0.717) is 12.1 Å². The van der Waals surface area contributed by atoms with Crippen LogP contribution < -0.4 is 5.01 Å². The van der Waals surface area contributed by atoms with E-state index in [1.54, 1.807) is 25.1 Å². The van der Waals surface area contributed by atoms with Gasteiger partial charge >= 0.3 is 5.69 Å². The summed E-state index contributed by atoms with van der Waals surface area (Å²) >= 11 is 0. The van der Waals surface area contributed by atoms with Gasteiger partial charge in [0.15, 0.2) is 0 Å². The minimum Gasteiger partial charge on any atom is -0.507 e. The summed E-state index contributed by atoms with van der Waals surface area (Å²) in [7, 11) is 0. The van der Waals surface area contributed by atoms with Crippen LogP contribution in [0.15, 0.2) is 47.6 Å². The third-order valence-corrected chi connectivity index (χ3v) is 3.22. The molecule has 9 nitrogen and oxygen atoms in total. The number of phenols is 1. The fourth-order valence-corrected chi connectivity index (χ4v) is 2.03. The zero-order chi connectivity index (χ0) is 17.7. The largest absolute Gasteiger partial charge is 0.507 e. The number of hydrazone groups is 1. The van der Waals surface area contributed by atoms with E-state index in [1.165, 1.54) is 29.4 Å². The van der Waals surface area contributed by atoms with Crippen LogP contribution in [0.4, 0.5) is 17.1 Å². The number of aromatic hydroxyl groups is 1. The minimum absolute atomic E-state index is 0.0236. The molecule has 0 atom stereocenters. The number of para-hydroxylation sites is 1. The van der Waals surface area contributed by atoms with Gasteiger partial charge in [0.1, 0.15) is 11.4 Å². The summed E-state index contributed by atoms with van der Waals surface area (Å²) in [5.74, 6) is 0.0236. The monoisotopic (exact) mass is 330 g/mol. The normalized spacial score (nSPS) is 10.7. The number of benzene rings is 2. The maximum Gasteiger partial charge on any atom is 0.301 e. The molecule has 0 aliphatic rings. The van der Waals surface area contributed by atoms with Crippen molar-refractivity contribution in [2.24, 2.45) is 5.10 Å². The molecule has 0 amide bonds. The van der Waals surface area contributed by atoms with Gasteiger partial charge in [-0.3, -0.25) is 25.2 Å². The number of hydrogen-bond donors (Lipinski definition) is 1. The Morgan fingerprint density at radius 1 is 1.17 bits per heavy atom. The fraction of sp³-hybridized carbons (Fsp3) is 0.133. The van der Waals surface area contributed by atoms with Gasteiger partial charge in [-0.25, -0.2) is 0 Å². The van der Waals surface area contributed by atoms with Crippen molar-refractivity contribution in [1.29, 1.82) is 0 Å². The van der Waals surface area contributed by atoms with Crippen LogP contribution in [0.25, 0.3) is 0 Å². The Bertz CT molecular complexity index is 806.